The second-order valence-electron chi connectivity index (χ2n) is 6.27. The maximum Gasteiger partial charge on any atom is 0.340 e. The zero-order valence-electron chi connectivity index (χ0n) is 14.9. The maximum absolute atomic E-state index is 12.1. The van der Waals surface area contributed by atoms with Crippen molar-refractivity contribution in [3.8, 4) is 5.69 Å². The minimum Gasteiger partial charge on any atom is -0.465 e. The summed E-state index contributed by atoms with van der Waals surface area (Å²) in [6.45, 7) is 0. The van der Waals surface area contributed by atoms with Crippen molar-refractivity contribution in [3.63, 3.8) is 0 Å². The van der Waals surface area contributed by atoms with Crippen molar-refractivity contribution in [1.29, 1.82) is 0 Å². The molecule has 0 bridgehead atoms. The Morgan fingerprint density at radius 3 is 2.62 bits per heavy atom. The molecule has 3 rings (SSSR count). The first-order valence-electron chi connectivity index (χ1n) is 8.58. The Labute approximate surface area is 151 Å². The molecule has 26 heavy (non-hydrogen) atoms. The molecule has 2 N–H and O–H groups in total. The summed E-state index contributed by atoms with van der Waals surface area (Å²) in [5, 5.41) is 17.7. The van der Waals surface area contributed by atoms with E-state index in [0.29, 0.717) is 17.1 Å². The van der Waals surface area contributed by atoms with Crippen LogP contribution in [0.4, 0.5) is 4.79 Å². The summed E-state index contributed by atoms with van der Waals surface area (Å²) in [5.74, 6) is 0.0381. The van der Waals surface area contributed by atoms with E-state index in [-0.39, 0.29) is 6.03 Å². The van der Waals surface area contributed by atoms with Crippen molar-refractivity contribution in [2.45, 2.75) is 37.6 Å². The molecule has 0 radical (unpaired) electrons. The number of ether oxygens (including phenoxy) is 1. The number of tetrazole rings is 1. The monoisotopic (exact) mass is 358 g/mol. The number of para-hydroxylation sites is 1. The lowest BCUT2D eigenvalue weighted by Crippen LogP contribution is -2.51. The third-order valence-electron chi connectivity index (χ3n) is 4.72. The smallest absolute Gasteiger partial charge is 0.340 e. The molecule has 2 amide bonds. The molecule has 1 aliphatic rings. The van der Waals surface area contributed by atoms with Crippen LogP contribution < -0.4 is 10.6 Å². The van der Waals surface area contributed by atoms with Gasteiger partial charge in [-0.15, -0.1) is 5.10 Å². The highest BCUT2D eigenvalue weighted by molar-refractivity contribution is 5.93. The van der Waals surface area contributed by atoms with E-state index in [1.807, 2.05) is 0 Å². The number of aromatic nitrogens is 4. The van der Waals surface area contributed by atoms with Gasteiger partial charge in [-0.1, -0.05) is 31.4 Å². The number of benzene rings is 1. The normalized spacial score (nSPS) is 15.9. The van der Waals surface area contributed by atoms with Gasteiger partial charge in [0.05, 0.1) is 18.4 Å². The fraction of sp³-hybridized carbons (Fsp3) is 0.471. The van der Waals surface area contributed by atoms with Gasteiger partial charge in [0.1, 0.15) is 5.54 Å². The van der Waals surface area contributed by atoms with Crippen molar-refractivity contribution in [2.24, 2.45) is 0 Å². The number of urea groups is 1. The number of carbonyl (C=O) groups is 2. The third-order valence-corrected chi connectivity index (χ3v) is 4.72. The van der Waals surface area contributed by atoms with Gasteiger partial charge < -0.3 is 15.4 Å². The second kappa shape index (κ2) is 7.51. The molecule has 1 fully saturated rings. The summed E-state index contributed by atoms with van der Waals surface area (Å²) < 4.78 is 6.39. The Hall–Kier alpha value is -2.97. The van der Waals surface area contributed by atoms with Crippen molar-refractivity contribution in [1.82, 2.24) is 30.8 Å². The number of rotatable bonds is 4. The molecule has 0 unspecified atom stereocenters. The molecule has 0 spiro atoms. The van der Waals surface area contributed by atoms with Gasteiger partial charge in [-0.2, -0.15) is 4.68 Å². The van der Waals surface area contributed by atoms with E-state index in [2.05, 4.69) is 26.2 Å². The summed E-state index contributed by atoms with van der Waals surface area (Å²) in [6, 6.07) is 6.67. The maximum atomic E-state index is 12.1. The van der Waals surface area contributed by atoms with Gasteiger partial charge in [0.15, 0.2) is 5.82 Å². The topological polar surface area (TPSA) is 111 Å². The van der Waals surface area contributed by atoms with Crippen molar-refractivity contribution >= 4 is 12.0 Å². The molecule has 0 aliphatic heterocycles. The summed E-state index contributed by atoms with van der Waals surface area (Å²) in [4.78, 5) is 24.2. The lowest BCUT2D eigenvalue weighted by Gasteiger charge is -2.36. The number of esters is 1. The lowest BCUT2D eigenvalue weighted by atomic mass is 9.81. The third kappa shape index (κ3) is 3.24. The quantitative estimate of drug-likeness (QED) is 0.802. The molecule has 1 saturated carbocycles. The van der Waals surface area contributed by atoms with E-state index < -0.39 is 11.5 Å². The first-order chi connectivity index (χ1) is 12.6. The number of nitrogens with one attached hydrogen (secondary N) is 2. The van der Waals surface area contributed by atoms with Crippen LogP contribution in [0.3, 0.4) is 0 Å². The molecule has 9 nitrogen and oxygen atoms in total. The van der Waals surface area contributed by atoms with Crippen LogP contribution in [0.2, 0.25) is 0 Å². The number of methoxy groups -OCH3 is 1. The highest BCUT2D eigenvalue weighted by Gasteiger charge is 2.41. The van der Waals surface area contributed by atoms with Gasteiger partial charge in [-0.3, -0.25) is 0 Å². The van der Waals surface area contributed by atoms with E-state index in [0.717, 1.165) is 32.1 Å². The molecular formula is C17H22N6O3. The summed E-state index contributed by atoms with van der Waals surface area (Å²) >= 11 is 0. The predicted molar refractivity (Wildman–Crippen MR) is 92.8 cm³/mol. The molecule has 0 atom stereocenters. The zero-order chi connectivity index (χ0) is 18.6. The minimum absolute atomic E-state index is 0.289. The largest absolute Gasteiger partial charge is 0.465 e. The van der Waals surface area contributed by atoms with Crippen molar-refractivity contribution in [2.75, 3.05) is 14.2 Å². The van der Waals surface area contributed by atoms with Crippen molar-refractivity contribution in [3.05, 3.63) is 35.7 Å². The average molecular weight is 358 g/mol. The van der Waals surface area contributed by atoms with Gasteiger partial charge in [-0.05, 0) is 35.4 Å². The molecule has 1 aromatic heterocycles. The van der Waals surface area contributed by atoms with Crippen LogP contribution in [0.25, 0.3) is 5.69 Å². The SMILES string of the molecule is CNC(=O)NC1(c2nnnn2-c2ccccc2C(=O)OC)CCCCC1. The van der Waals surface area contributed by atoms with Gasteiger partial charge in [0.25, 0.3) is 0 Å². The lowest BCUT2D eigenvalue weighted by molar-refractivity contribution is 0.0600. The Bertz CT molecular complexity index is 797. The van der Waals surface area contributed by atoms with Crippen LogP contribution in [0, 0.1) is 0 Å². The van der Waals surface area contributed by atoms with Gasteiger partial charge >= 0.3 is 12.0 Å². The summed E-state index contributed by atoms with van der Waals surface area (Å²) in [6.07, 6.45) is 4.45. The van der Waals surface area contributed by atoms with E-state index in [4.69, 9.17) is 4.74 Å². The summed E-state index contributed by atoms with van der Waals surface area (Å²) in [5.41, 5.74) is 0.183. The van der Waals surface area contributed by atoms with Crippen molar-refractivity contribution < 1.29 is 14.3 Å². The molecule has 0 saturated heterocycles. The molecule has 138 valence electrons. The first-order valence-corrected chi connectivity index (χ1v) is 8.58. The molecule has 1 aromatic carbocycles. The van der Waals surface area contributed by atoms with Crippen LogP contribution >= 0.6 is 0 Å². The van der Waals surface area contributed by atoms with Gasteiger partial charge in [0.2, 0.25) is 0 Å². The molecular weight excluding hydrogens is 336 g/mol. The van der Waals surface area contributed by atoms with Crippen LogP contribution in [-0.2, 0) is 10.3 Å². The number of amides is 2. The fourth-order valence-corrected chi connectivity index (χ4v) is 3.43. The van der Waals surface area contributed by atoms with E-state index >= 15 is 0 Å². The molecule has 1 aliphatic carbocycles. The van der Waals surface area contributed by atoms with Crippen LogP contribution in [0.1, 0.15) is 48.3 Å². The Kier molecular flexibility index (Phi) is 5.15. The standard InChI is InChI=1S/C17H22N6O3/c1-18-16(25)19-17(10-6-3-7-11-17)15-20-21-22-23(15)13-9-5-4-8-12(13)14(24)26-2/h4-5,8-9H,3,6-7,10-11H2,1-2H3,(H2,18,19,25). The fourth-order valence-electron chi connectivity index (χ4n) is 3.43. The van der Waals surface area contributed by atoms with Crippen LogP contribution in [-0.4, -0.2) is 46.4 Å². The number of carbonyl (C=O) groups excluding carboxylic acids is 2. The van der Waals surface area contributed by atoms with E-state index in [1.54, 1.807) is 31.3 Å². The Morgan fingerprint density at radius 2 is 1.92 bits per heavy atom. The zero-order valence-corrected chi connectivity index (χ0v) is 14.9. The summed E-state index contributed by atoms with van der Waals surface area (Å²) in [7, 11) is 2.90. The Balaban J connectivity index is 2.10. The highest BCUT2D eigenvalue weighted by Crippen LogP contribution is 2.36. The minimum atomic E-state index is -0.689. The number of hydrogen-bond acceptors (Lipinski definition) is 6. The van der Waals surface area contributed by atoms with Crippen LogP contribution in [0.15, 0.2) is 24.3 Å². The predicted octanol–water partition coefficient (Wildman–Crippen LogP) is 1.54. The van der Waals surface area contributed by atoms with Gasteiger partial charge in [-0.25, -0.2) is 9.59 Å². The molecule has 2 aromatic rings. The average Bonchev–Trinajstić information content (AvgIpc) is 3.18. The molecule has 1 heterocycles. The van der Waals surface area contributed by atoms with Crippen LogP contribution in [0.5, 0.6) is 0 Å². The molecule has 9 heteroatoms. The first kappa shape index (κ1) is 17.8. The van der Waals surface area contributed by atoms with E-state index in [9.17, 15) is 9.59 Å². The number of hydrogen-bond donors (Lipinski definition) is 2. The van der Waals surface area contributed by atoms with Gasteiger partial charge in [0, 0.05) is 7.05 Å². The Morgan fingerprint density at radius 1 is 1.19 bits per heavy atom. The number of nitrogens with zero attached hydrogens (tertiary/aromatic N) is 4. The second-order valence-corrected chi connectivity index (χ2v) is 6.27. The van der Waals surface area contributed by atoms with E-state index in [1.165, 1.54) is 11.8 Å². The highest BCUT2D eigenvalue weighted by atomic mass is 16.5.